The molecule has 0 spiro atoms. The van der Waals surface area contributed by atoms with Crippen LogP contribution in [0, 0.1) is 0 Å². The summed E-state index contributed by atoms with van der Waals surface area (Å²) in [7, 11) is 0. The maximum absolute atomic E-state index is 6.20. The molecule has 4 heteroatoms. The maximum Gasteiger partial charge on any atom is 0.122 e. The standard InChI is InChI=1S/C30H34O4/c1-2-4-24(5-3-1)29-16-25(12-15-30(29)34-20-28-19-33-28)23-8-6-21(7-9-23)22-10-13-26(14-11-22)31-17-27-18-32-27/h6,9-16,24,27-28H,1-5,7-8,17-20H2. The van der Waals surface area contributed by atoms with Gasteiger partial charge in [0.15, 0.2) is 0 Å². The van der Waals surface area contributed by atoms with Crippen molar-refractivity contribution in [2.75, 3.05) is 26.4 Å². The van der Waals surface area contributed by atoms with E-state index in [0.29, 0.717) is 19.1 Å². The van der Waals surface area contributed by atoms with E-state index in [9.17, 15) is 0 Å². The zero-order valence-electron chi connectivity index (χ0n) is 19.8. The number of hydrogen-bond donors (Lipinski definition) is 0. The Hall–Kier alpha value is -2.56. The first-order chi connectivity index (χ1) is 16.8. The zero-order valence-corrected chi connectivity index (χ0v) is 19.8. The maximum atomic E-state index is 6.20. The van der Waals surface area contributed by atoms with Crippen molar-refractivity contribution in [3.05, 3.63) is 71.3 Å². The highest BCUT2D eigenvalue weighted by Gasteiger charge is 2.26. The SMILES string of the molecule is C1=C(c2ccc(OCC3CO3)cc2)CC=C(c2ccc(OCC3CO3)c(C3CCCCC3)c2)C1. The molecule has 2 aromatic carbocycles. The number of rotatable bonds is 9. The van der Waals surface area contributed by atoms with Gasteiger partial charge in [-0.2, -0.15) is 0 Å². The molecule has 178 valence electrons. The smallest absolute Gasteiger partial charge is 0.122 e. The Balaban J connectivity index is 1.14. The molecule has 0 aromatic heterocycles. The summed E-state index contributed by atoms with van der Waals surface area (Å²) in [6.07, 6.45) is 13.9. The second-order valence-corrected chi connectivity index (χ2v) is 10.0. The molecule has 2 atom stereocenters. The van der Waals surface area contributed by atoms with Gasteiger partial charge in [-0.25, -0.2) is 0 Å². The highest BCUT2D eigenvalue weighted by atomic mass is 16.6. The first-order valence-electron chi connectivity index (χ1n) is 12.9. The van der Waals surface area contributed by atoms with E-state index in [4.69, 9.17) is 18.9 Å². The minimum absolute atomic E-state index is 0.288. The van der Waals surface area contributed by atoms with Crippen LogP contribution >= 0.6 is 0 Å². The van der Waals surface area contributed by atoms with E-state index in [-0.39, 0.29) is 12.2 Å². The molecule has 34 heavy (non-hydrogen) atoms. The molecule has 3 fully saturated rings. The highest BCUT2D eigenvalue weighted by Crippen LogP contribution is 2.40. The average molecular weight is 459 g/mol. The van der Waals surface area contributed by atoms with E-state index >= 15 is 0 Å². The second kappa shape index (κ2) is 9.97. The summed E-state index contributed by atoms with van der Waals surface area (Å²) in [5.41, 5.74) is 6.83. The van der Waals surface area contributed by atoms with Gasteiger partial charge in [0.2, 0.25) is 0 Å². The van der Waals surface area contributed by atoms with E-state index in [0.717, 1.165) is 37.6 Å². The minimum atomic E-state index is 0.288. The third-order valence-electron chi connectivity index (χ3n) is 7.45. The molecule has 2 aliphatic carbocycles. The largest absolute Gasteiger partial charge is 0.491 e. The number of allylic oxidation sites excluding steroid dienone is 4. The summed E-state index contributed by atoms with van der Waals surface area (Å²) < 4.78 is 22.6. The lowest BCUT2D eigenvalue weighted by molar-refractivity contribution is 0.258. The van der Waals surface area contributed by atoms with Gasteiger partial charge in [-0.1, -0.05) is 49.6 Å². The van der Waals surface area contributed by atoms with Crippen LogP contribution in [0.3, 0.4) is 0 Å². The Morgan fingerprint density at radius 1 is 0.706 bits per heavy atom. The zero-order chi connectivity index (χ0) is 22.7. The molecule has 2 saturated heterocycles. The molecular formula is C30H34O4. The van der Waals surface area contributed by atoms with Gasteiger partial charge in [-0.15, -0.1) is 0 Å². The fraction of sp³-hybridized carbons (Fsp3) is 0.467. The van der Waals surface area contributed by atoms with Gasteiger partial charge >= 0.3 is 0 Å². The van der Waals surface area contributed by atoms with Crippen molar-refractivity contribution in [3.63, 3.8) is 0 Å². The van der Waals surface area contributed by atoms with E-state index in [1.807, 2.05) is 0 Å². The molecule has 2 unspecified atom stereocenters. The summed E-state index contributed by atoms with van der Waals surface area (Å²) in [5.74, 6) is 2.60. The Morgan fingerprint density at radius 3 is 1.97 bits per heavy atom. The summed E-state index contributed by atoms with van der Waals surface area (Å²) in [4.78, 5) is 0. The van der Waals surface area contributed by atoms with Crippen LogP contribution < -0.4 is 9.47 Å². The van der Waals surface area contributed by atoms with Crippen molar-refractivity contribution >= 4 is 11.1 Å². The quantitative estimate of drug-likeness (QED) is 0.400. The first-order valence-corrected chi connectivity index (χ1v) is 12.9. The van der Waals surface area contributed by atoms with Crippen LogP contribution in [-0.2, 0) is 9.47 Å². The van der Waals surface area contributed by atoms with Gasteiger partial charge in [-0.05, 0) is 83.7 Å². The van der Waals surface area contributed by atoms with Gasteiger partial charge in [0.1, 0.15) is 36.9 Å². The third kappa shape index (κ3) is 5.39. The third-order valence-corrected chi connectivity index (χ3v) is 7.45. The van der Waals surface area contributed by atoms with Crippen LogP contribution in [0.4, 0.5) is 0 Å². The van der Waals surface area contributed by atoms with E-state index < -0.39 is 0 Å². The fourth-order valence-electron chi connectivity index (χ4n) is 5.18. The van der Waals surface area contributed by atoms with Crippen LogP contribution in [0.1, 0.15) is 67.6 Å². The van der Waals surface area contributed by atoms with Gasteiger partial charge in [0, 0.05) is 0 Å². The van der Waals surface area contributed by atoms with E-state index in [1.165, 1.54) is 59.9 Å². The number of ether oxygens (including phenoxy) is 4. The van der Waals surface area contributed by atoms with E-state index in [1.54, 1.807) is 0 Å². The molecule has 0 bridgehead atoms. The van der Waals surface area contributed by atoms with Crippen LogP contribution in [0.15, 0.2) is 54.6 Å². The van der Waals surface area contributed by atoms with Crippen LogP contribution in [-0.4, -0.2) is 38.6 Å². The van der Waals surface area contributed by atoms with Crippen molar-refractivity contribution in [1.82, 2.24) is 0 Å². The topological polar surface area (TPSA) is 43.5 Å². The molecule has 0 amide bonds. The van der Waals surface area contributed by atoms with Crippen molar-refractivity contribution in [1.29, 1.82) is 0 Å². The molecule has 0 radical (unpaired) electrons. The Kier molecular flexibility index (Phi) is 6.43. The molecule has 4 nitrogen and oxygen atoms in total. The monoisotopic (exact) mass is 458 g/mol. The molecule has 6 rings (SSSR count). The van der Waals surface area contributed by atoms with Crippen molar-refractivity contribution in [2.24, 2.45) is 0 Å². The number of hydrogen-bond acceptors (Lipinski definition) is 4. The Morgan fingerprint density at radius 2 is 1.32 bits per heavy atom. The van der Waals surface area contributed by atoms with Crippen LogP contribution in [0.2, 0.25) is 0 Å². The predicted molar refractivity (Wildman–Crippen MR) is 134 cm³/mol. The van der Waals surface area contributed by atoms with Gasteiger partial charge < -0.3 is 18.9 Å². The van der Waals surface area contributed by atoms with Crippen LogP contribution in [0.5, 0.6) is 11.5 Å². The molecule has 0 N–H and O–H groups in total. The van der Waals surface area contributed by atoms with Gasteiger partial charge in [0.25, 0.3) is 0 Å². The first kappa shape index (κ1) is 21.9. The molecular weight excluding hydrogens is 424 g/mol. The van der Waals surface area contributed by atoms with Crippen molar-refractivity contribution < 1.29 is 18.9 Å². The normalized spacial score (nSPS) is 24.2. The lowest BCUT2D eigenvalue weighted by atomic mass is 9.82. The fourth-order valence-corrected chi connectivity index (χ4v) is 5.18. The van der Waals surface area contributed by atoms with Crippen molar-refractivity contribution in [3.8, 4) is 11.5 Å². The van der Waals surface area contributed by atoms with E-state index in [2.05, 4.69) is 54.6 Å². The Bertz CT molecular complexity index is 1050. The minimum Gasteiger partial charge on any atom is -0.491 e. The van der Waals surface area contributed by atoms with Gasteiger partial charge in [-0.3, -0.25) is 0 Å². The number of epoxide rings is 2. The summed E-state index contributed by atoms with van der Waals surface area (Å²) >= 11 is 0. The average Bonchev–Trinajstić information content (AvgIpc) is 3.83. The summed E-state index contributed by atoms with van der Waals surface area (Å²) in [5, 5.41) is 0. The highest BCUT2D eigenvalue weighted by molar-refractivity contribution is 5.78. The molecule has 1 saturated carbocycles. The summed E-state index contributed by atoms with van der Waals surface area (Å²) in [6.45, 7) is 2.98. The molecule has 2 heterocycles. The van der Waals surface area contributed by atoms with Crippen LogP contribution in [0.25, 0.3) is 11.1 Å². The summed E-state index contributed by atoms with van der Waals surface area (Å²) in [6, 6.07) is 15.3. The molecule has 2 aliphatic heterocycles. The van der Waals surface area contributed by atoms with Gasteiger partial charge in [0.05, 0.1) is 13.2 Å². The molecule has 2 aromatic rings. The lowest BCUT2D eigenvalue weighted by Crippen LogP contribution is -2.10. The number of benzene rings is 2. The second-order valence-electron chi connectivity index (χ2n) is 10.0. The predicted octanol–water partition coefficient (Wildman–Crippen LogP) is 6.55. The van der Waals surface area contributed by atoms with Crippen molar-refractivity contribution in [2.45, 2.75) is 63.1 Å². The molecule has 4 aliphatic rings. The Labute approximate surface area is 202 Å². The lowest BCUT2D eigenvalue weighted by Gasteiger charge is -2.25.